The van der Waals surface area contributed by atoms with Crippen LogP contribution in [0.5, 0.6) is 0 Å². The highest BCUT2D eigenvalue weighted by Gasteiger charge is 2.55. The van der Waals surface area contributed by atoms with Crippen LogP contribution in [0.4, 0.5) is 4.79 Å². The smallest absolute Gasteiger partial charge is 0.327 e. The molecule has 36 heavy (non-hydrogen) atoms. The van der Waals surface area contributed by atoms with Crippen molar-refractivity contribution in [2.75, 3.05) is 20.6 Å². The lowest BCUT2D eigenvalue weighted by Crippen LogP contribution is -2.49. The fraction of sp³-hybridized carbons (Fsp3) is 0.357. The third-order valence-electron chi connectivity index (χ3n) is 7.47. The maximum Gasteiger partial charge on any atom is 0.327 e. The van der Waals surface area contributed by atoms with Crippen LogP contribution in [0.15, 0.2) is 66.9 Å². The van der Waals surface area contributed by atoms with E-state index in [2.05, 4.69) is 0 Å². The second-order valence-electron chi connectivity index (χ2n) is 9.72. The van der Waals surface area contributed by atoms with E-state index in [4.69, 9.17) is 5.10 Å². The Morgan fingerprint density at radius 2 is 1.61 bits per heavy atom. The van der Waals surface area contributed by atoms with Crippen molar-refractivity contribution in [3.05, 3.63) is 72.4 Å². The summed E-state index contributed by atoms with van der Waals surface area (Å²) >= 11 is 0. The van der Waals surface area contributed by atoms with Crippen molar-refractivity contribution in [1.82, 2.24) is 24.5 Å². The van der Waals surface area contributed by atoms with E-state index in [1.165, 1.54) is 0 Å². The van der Waals surface area contributed by atoms with Crippen LogP contribution in [0, 0.1) is 0 Å². The standard InChI is InChI=1S/C28H31N5O3/c1-30(24(34)20-32-26(35)28(31(2)27(32)36)16-10-5-11-17-28)18-22-19-33(23-14-8-4-9-15-23)29-25(22)21-12-6-3-7-13-21/h3-4,6-9,12-15,19H,5,10-11,16-18,20H2,1-2H3. The van der Waals surface area contributed by atoms with Gasteiger partial charge in [-0.3, -0.25) is 14.5 Å². The van der Waals surface area contributed by atoms with E-state index in [9.17, 15) is 14.4 Å². The molecule has 3 aromatic rings. The van der Waals surface area contributed by atoms with Crippen molar-refractivity contribution in [1.29, 1.82) is 0 Å². The number of para-hydroxylation sites is 1. The number of imide groups is 1. The summed E-state index contributed by atoms with van der Waals surface area (Å²) in [6.07, 6.45) is 6.15. The Morgan fingerprint density at radius 3 is 2.28 bits per heavy atom. The van der Waals surface area contributed by atoms with E-state index < -0.39 is 5.54 Å². The van der Waals surface area contributed by atoms with Crippen LogP contribution in [0.2, 0.25) is 0 Å². The lowest BCUT2D eigenvalue weighted by atomic mass is 9.81. The molecule has 0 bridgehead atoms. The molecule has 8 nitrogen and oxygen atoms in total. The number of nitrogens with zero attached hydrogens (tertiary/aromatic N) is 5. The maximum absolute atomic E-state index is 13.3. The summed E-state index contributed by atoms with van der Waals surface area (Å²) < 4.78 is 1.81. The molecule has 0 atom stereocenters. The van der Waals surface area contributed by atoms with Crippen molar-refractivity contribution in [2.45, 2.75) is 44.2 Å². The van der Waals surface area contributed by atoms with Crippen LogP contribution in [0.3, 0.4) is 0 Å². The summed E-state index contributed by atoms with van der Waals surface area (Å²) in [6.45, 7) is 0.0425. The molecule has 0 radical (unpaired) electrons. The van der Waals surface area contributed by atoms with Crippen molar-refractivity contribution in [3.8, 4) is 16.9 Å². The molecule has 2 aromatic carbocycles. The van der Waals surface area contributed by atoms with Gasteiger partial charge in [-0.25, -0.2) is 9.48 Å². The number of carbonyl (C=O) groups excluding carboxylic acids is 3. The lowest BCUT2D eigenvalue weighted by Gasteiger charge is -2.35. The molecule has 2 heterocycles. The first-order chi connectivity index (χ1) is 17.4. The molecule has 8 heteroatoms. The van der Waals surface area contributed by atoms with Crippen LogP contribution in [0.25, 0.3) is 16.9 Å². The minimum atomic E-state index is -0.786. The zero-order valence-electron chi connectivity index (χ0n) is 20.8. The molecule has 1 aromatic heterocycles. The second kappa shape index (κ2) is 9.60. The highest BCUT2D eigenvalue weighted by atomic mass is 16.2. The molecule has 5 rings (SSSR count). The highest BCUT2D eigenvalue weighted by molar-refractivity contribution is 6.08. The van der Waals surface area contributed by atoms with Gasteiger partial charge in [0, 0.05) is 38.0 Å². The molecule has 1 saturated carbocycles. The Morgan fingerprint density at radius 1 is 0.972 bits per heavy atom. The van der Waals surface area contributed by atoms with Gasteiger partial charge in [0.2, 0.25) is 5.91 Å². The average Bonchev–Trinajstić information content (AvgIpc) is 3.41. The first-order valence-corrected chi connectivity index (χ1v) is 12.4. The fourth-order valence-electron chi connectivity index (χ4n) is 5.35. The summed E-state index contributed by atoms with van der Waals surface area (Å²) in [6, 6.07) is 19.3. The van der Waals surface area contributed by atoms with E-state index >= 15 is 0 Å². The third-order valence-corrected chi connectivity index (χ3v) is 7.47. The van der Waals surface area contributed by atoms with Crippen molar-refractivity contribution < 1.29 is 14.4 Å². The van der Waals surface area contributed by atoms with E-state index in [1.807, 2.05) is 71.5 Å². The monoisotopic (exact) mass is 485 g/mol. The Hall–Kier alpha value is -3.94. The molecular formula is C28H31N5O3. The zero-order chi connectivity index (χ0) is 25.3. The van der Waals surface area contributed by atoms with Gasteiger partial charge in [0.1, 0.15) is 12.1 Å². The SMILES string of the molecule is CN(Cc1cn(-c2ccccc2)nc1-c1ccccc1)C(=O)CN1C(=O)N(C)C2(CCCCC2)C1=O. The number of urea groups is 1. The minimum absolute atomic E-state index is 0.238. The molecule has 1 spiro atoms. The number of likely N-dealkylation sites (N-methyl/N-ethyl adjacent to an activating group) is 2. The van der Waals surface area contributed by atoms with Crippen LogP contribution in [0.1, 0.15) is 37.7 Å². The molecule has 1 aliphatic carbocycles. The molecular weight excluding hydrogens is 454 g/mol. The van der Waals surface area contributed by atoms with Gasteiger partial charge in [-0.15, -0.1) is 0 Å². The molecule has 0 unspecified atom stereocenters. The van der Waals surface area contributed by atoms with Gasteiger partial charge >= 0.3 is 6.03 Å². The Labute approximate surface area is 211 Å². The second-order valence-corrected chi connectivity index (χ2v) is 9.72. The average molecular weight is 486 g/mol. The molecule has 4 amide bonds. The number of hydrogen-bond acceptors (Lipinski definition) is 4. The van der Waals surface area contributed by atoms with Crippen LogP contribution in [-0.4, -0.2) is 68.5 Å². The lowest BCUT2D eigenvalue weighted by molar-refractivity contribution is -0.140. The van der Waals surface area contributed by atoms with E-state index in [0.717, 1.165) is 46.7 Å². The molecule has 2 fully saturated rings. The van der Waals surface area contributed by atoms with Gasteiger partial charge in [0.15, 0.2) is 0 Å². The molecule has 2 aliphatic rings. The number of amides is 4. The summed E-state index contributed by atoms with van der Waals surface area (Å²) in [4.78, 5) is 43.7. The number of benzene rings is 2. The van der Waals surface area contributed by atoms with Gasteiger partial charge in [0.25, 0.3) is 5.91 Å². The maximum atomic E-state index is 13.3. The summed E-state index contributed by atoms with van der Waals surface area (Å²) in [5, 5.41) is 4.81. The molecule has 1 saturated heterocycles. The Kier molecular flexibility index (Phi) is 6.35. The van der Waals surface area contributed by atoms with Gasteiger partial charge in [-0.05, 0) is 25.0 Å². The van der Waals surface area contributed by atoms with Crippen molar-refractivity contribution in [3.63, 3.8) is 0 Å². The summed E-state index contributed by atoms with van der Waals surface area (Å²) in [5.41, 5.74) is 2.75. The largest absolute Gasteiger partial charge is 0.340 e. The zero-order valence-corrected chi connectivity index (χ0v) is 20.8. The van der Waals surface area contributed by atoms with E-state index in [0.29, 0.717) is 19.4 Å². The molecule has 186 valence electrons. The Balaban J connectivity index is 1.36. The van der Waals surface area contributed by atoms with Gasteiger partial charge < -0.3 is 9.80 Å². The number of rotatable bonds is 6. The van der Waals surface area contributed by atoms with E-state index in [-0.39, 0.29) is 24.4 Å². The number of aromatic nitrogens is 2. The van der Waals surface area contributed by atoms with Gasteiger partial charge in [-0.2, -0.15) is 5.10 Å². The van der Waals surface area contributed by atoms with Crippen molar-refractivity contribution in [2.24, 2.45) is 0 Å². The number of carbonyl (C=O) groups is 3. The molecule has 1 aliphatic heterocycles. The topological polar surface area (TPSA) is 78.8 Å². The fourth-order valence-corrected chi connectivity index (χ4v) is 5.35. The van der Waals surface area contributed by atoms with Crippen LogP contribution >= 0.6 is 0 Å². The summed E-state index contributed by atoms with van der Waals surface area (Å²) in [5.74, 6) is -0.525. The molecule has 0 N–H and O–H groups in total. The van der Waals surface area contributed by atoms with Gasteiger partial charge in [0.05, 0.1) is 11.4 Å². The predicted molar refractivity (Wildman–Crippen MR) is 136 cm³/mol. The first-order valence-electron chi connectivity index (χ1n) is 12.4. The van der Waals surface area contributed by atoms with Crippen molar-refractivity contribution >= 4 is 17.8 Å². The van der Waals surface area contributed by atoms with Crippen LogP contribution < -0.4 is 0 Å². The summed E-state index contributed by atoms with van der Waals surface area (Å²) in [7, 11) is 3.38. The van der Waals surface area contributed by atoms with E-state index in [1.54, 1.807) is 23.9 Å². The third kappa shape index (κ3) is 4.17. The van der Waals surface area contributed by atoms with Crippen LogP contribution in [-0.2, 0) is 16.1 Å². The first kappa shape index (κ1) is 23.8. The minimum Gasteiger partial charge on any atom is -0.340 e. The highest BCUT2D eigenvalue weighted by Crippen LogP contribution is 2.39. The Bertz CT molecular complexity index is 1260. The predicted octanol–water partition coefficient (Wildman–Crippen LogP) is 4.09. The number of hydrogen-bond donors (Lipinski definition) is 0. The van der Waals surface area contributed by atoms with Gasteiger partial charge in [-0.1, -0.05) is 67.8 Å². The quantitative estimate of drug-likeness (QED) is 0.493. The normalized spacial score (nSPS) is 17.2.